The summed E-state index contributed by atoms with van der Waals surface area (Å²) in [4.78, 5) is 1.34. The molecule has 2 aliphatic heterocycles. The van der Waals surface area contributed by atoms with Crippen molar-refractivity contribution in [1.29, 1.82) is 0 Å². The summed E-state index contributed by atoms with van der Waals surface area (Å²) in [6, 6.07) is 10.3. The first-order valence-electron chi connectivity index (χ1n) is 8.77. The molecule has 1 aromatic carbocycles. The highest BCUT2D eigenvalue weighted by molar-refractivity contribution is 9.11. The molecule has 142 valence electrons. The second kappa shape index (κ2) is 8.50. The topological polar surface area (TPSA) is 47.9 Å². The Labute approximate surface area is 167 Å². The maximum Gasteiger partial charge on any atom is 0.187 e. The van der Waals surface area contributed by atoms with E-state index in [2.05, 4.69) is 47.1 Å². The van der Waals surface area contributed by atoms with Gasteiger partial charge in [0.05, 0.1) is 17.0 Å². The molecule has 2 unspecified atom stereocenters. The van der Waals surface area contributed by atoms with Crippen molar-refractivity contribution in [1.82, 2.24) is 0 Å². The van der Waals surface area contributed by atoms with E-state index in [1.54, 1.807) is 11.3 Å². The lowest BCUT2D eigenvalue weighted by atomic mass is 10.0. The molecule has 4 nitrogen and oxygen atoms in total. The number of benzene rings is 1. The van der Waals surface area contributed by atoms with Crippen LogP contribution >= 0.6 is 27.3 Å². The number of aryl methyl sites for hydroxylation is 1. The Bertz CT molecular complexity index is 729. The van der Waals surface area contributed by atoms with Crippen molar-refractivity contribution in [3.05, 3.63) is 55.7 Å². The minimum absolute atomic E-state index is 0.102. The molecule has 6 heteroatoms. The SMILES string of the molecule is CC1(C)OC2CCOC2O1.Cc1ccc(CO)cc1Cc1ccc(Br)s1. The fraction of sp³-hybridized carbons (Fsp3) is 0.500. The Kier molecular flexibility index (Phi) is 6.54. The van der Waals surface area contributed by atoms with Gasteiger partial charge >= 0.3 is 0 Å². The van der Waals surface area contributed by atoms with Crippen molar-refractivity contribution in [3.63, 3.8) is 0 Å². The van der Waals surface area contributed by atoms with E-state index < -0.39 is 5.79 Å². The molecule has 1 N–H and O–H groups in total. The number of hydrogen-bond acceptors (Lipinski definition) is 5. The molecule has 26 heavy (non-hydrogen) atoms. The van der Waals surface area contributed by atoms with E-state index in [0.717, 1.165) is 25.0 Å². The molecule has 0 spiro atoms. The highest BCUT2D eigenvalue weighted by atomic mass is 79.9. The van der Waals surface area contributed by atoms with Gasteiger partial charge in [-0.15, -0.1) is 11.3 Å². The van der Waals surface area contributed by atoms with Gasteiger partial charge in [0, 0.05) is 17.7 Å². The van der Waals surface area contributed by atoms with E-state index in [1.165, 1.54) is 19.8 Å². The van der Waals surface area contributed by atoms with Gasteiger partial charge < -0.3 is 19.3 Å². The van der Waals surface area contributed by atoms with E-state index >= 15 is 0 Å². The molecule has 1 aromatic heterocycles. The molecule has 2 aliphatic rings. The molecule has 2 aromatic rings. The second-order valence-corrected chi connectivity index (χ2v) is 9.55. The molecular weight excluding hydrogens is 416 g/mol. The van der Waals surface area contributed by atoms with Crippen molar-refractivity contribution in [2.24, 2.45) is 0 Å². The van der Waals surface area contributed by atoms with E-state index in [-0.39, 0.29) is 19.0 Å². The van der Waals surface area contributed by atoms with Gasteiger partial charge in [-0.3, -0.25) is 0 Å². The van der Waals surface area contributed by atoms with Crippen LogP contribution in [0.4, 0.5) is 0 Å². The van der Waals surface area contributed by atoms with Crippen molar-refractivity contribution in [3.8, 4) is 0 Å². The predicted molar refractivity (Wildman–Crippen MR) is 106 cm³/mol. The Morgan fingerprint density at radius 1 is 1.23 bits per heavy atom. The van der Waals surface area contributed by atoms with Crippen LogP contribution in [0.1, 0.15) is 41.8 Å². The standard InChI is InChI=1S/C13H13BrOS.C7H12O3/c1-9-2-3-10(8-15)6-11(9)7-12-4-5-13(14)16-12;1-7(2)9-5-3-4-8-6(5)10-7/h2-6,15H,7-8H2,1H3;5-6H,3-4H2,1-2H3. The summed E-state index contributed by atoms with van der Waals surface area (Å²) < 4.78 is 17.4. The molecule has 4 rings (SSSR count). The number of halogens is 1. The highest BCUT2D eigenvalue weighted by Gasteiger charge is 2.44. The first kappa shape index (κ1) is 20.0. The normalized spacial score (nSPS) is 23.4. The van der Waals surface area contributed by atoms with Crippen LogP contribution in [0.15, 0.2) is 34.1 Å². The van der Waals surface area contributed by atoms with Crippen LogP contribution in [0, 0.1) is 6.92 Å². The van der Waals surface area contributed by atoms with Crippen LogP contribution in [0.5, 0.6) is 0 Å². The van der Waals surface area contributed by atoms with Gasteiger partial charge in [-0.05, 0) is 65.5 Å². The molecule has 2 atom stereocenters. The monoisotopic (exact) mass is 440 g/mol. The van der Waals surface area contributed by atoms with E-state index in [1.807, 2.05) is 19.9 Å². The molecule has 0 saturated carbocycles. The first-order valence-corrected chi connectivity index (χ1v) is 10.4. The summed E-state index contributed by atoms with van der Waals surface area (Å²) in [6.07, 6.45) is 1.98. The zero-order valence-corrected chi connectivity index (χ0v) is 17.7. The van der Waals surface area contributed by atoms with Crippen LogP contribution in [0.2, 0.25) is 0 Å². The van der Waals surface area contributed by atoms with Crippen molar-refractivity contribution in [2.45, 2.75) is 58.4 Å². The van der Waals surface area contributed by atoms with Gasteiger partial charge in [-0.25, -0.2) is 0 Å². The van der Waals surface area contributed by atoms with Crippen molar-refractivity contribution < 1.29 is 19.3 Å². The maximum absolute atomic E-state index is 9.12. The lowest BCUT2D eigenvalue weighted by Gasteiger charge is -2.17. The number of hydrogen-bond donors (Lipinski definition) is 1. The summed E-state index contributed by atoms with van der Waals surface area (Å²) in [5.74, 6) is -0.435. The number of fused-ring (bicyclic) bond motifs is 1. The Morgan fingerprint density at radius 2 is 2.04 bits per heavy atom. The Morgan fingerprint density at radius 3 is 2.69 bits per heavy atom. The zero-order chi connectivity index (χ0) is 18.7. The van der Waals surface area contributed by atoms with Crippen molar-refractivity contribution >= 4 is 27.3 Å². The maximum atomic E-state index is 9.12. The van der Waals surface area contributed by atoms with E-state index in [0.29, 0.717) is 0 Å². The molecule has 0 bridgehead atoms. The number of thiophene rings is 1. The summed E-state index contributed by atoms with van der Waals surface area (Å²) in [6.45, 7) is 6.81. The minimum Gasteiger partial charge on any atom is -0.392 e. The number of aliphatic hydroxyl groups excluding tert-OH is 1. The van der Waals surface area contributed by atoms with Gasteiger partial charge in [-0.2, -0.15) is 0 Å². The highest BCUT2D eigenvalue weighted by Crippen LogP contribution is 2.33. The van der Waals surface area contributed by atoms with Gasteiger partial charge in [0.15, 0.2) is 12.1 Å². The smallest absolute Gasteiger partial charge is 0.187 e. The molecule has 2 saturated heterocycles. The van der Waals surface area contributed by atoms with Gasteiger partial charge in [0.1, 0.15) is 6.10 Å². The predicted octanol–water partition coefficient (Wildman–Crippen LogP) is 4.79. The summed E-state index contributed by atoms with van der Waals surface area (Å²) >= 11 is 5.23. The molecule has 3 heterocycles. The summed E-state index contributed by atoms with van der Waals surface area (Å²) in [7, 11) is 0. The molecule has 0 aliphatic carbocycles. The molecule has 0 radical (unpaired) electrons. The third-order valence-corrected chi connectivity index (χ3v) is 6.04. The van der Waals surface area contributed by atoms with Crippen LogP contribution in [0.25, 0.3) is 0 Å². The number of rotatable bonds is 3. The quantitative estimate of drug-likeness (QED) is 0.745. The Hall–Kier alpha value is -0.760. The van der Waals surface area contributed by atoms with Gasteiger partial charge in [-0.1, -0.05) is 18.2 Å². The average Bonchev–Trinajstić information content (AvgIpc) is 3.25. The van der Waals surface area contributed by atoms with Gasteiger partial charge in [0.25, 0.3) is 0 Å². The lowest BCUT2D eigenvalue weighted by molar-refractivity contribution is -0.192. The minimum atomic E-state index is -0.435. The van der Waals surface area contributed by atoms with Crippen molar-refractivity contribution in [2.75, 3.05) is 6.61 Å². The molecule has 2 fully saturated rings. The van der Waals surface area contributed by atoms with Crippen LogP contribution in [-0.4, -0.2) is 29.9 Å². The average molecular weight is 441 g/mol. The fourth-order valence-electron chi connectivity index (χ4n) is 3.09. The summed E-state index contributed by atoms with van der Waals surface area (Å²) in [5.41, 5.74) is 3.55. The summed E-state index contributed by atoms with van der Waals surface area (Å²) in [5, 5.41) is 9.12. The van der Waals surface area contributed by atoms with Crippen LogP contribution in [-0.2, 0) is 27.2 Å². The fourth-order valence-corrected chi connectivity index (χ4v) is 4.59. The van der Waals surface area contributed by atoms with Gasteiger partial charge in [0.2, 0.25) is 0 Å². The van der Waals surface area contributed by atoms with E-state index in [9.17, 15) is 0 Å². The lowest BCUT2D eigenvalue weighted by Crippen LogP contribution is -2.22. The molecule has 0 amide bonds. The number of aliphatic hydroxyl groups is 1. The largest absolute Gasteiger partial charge is 0.392 e. The molecular formula is C20H25BrO4S. The third kappa shape index (κ3) is 5.15. The van der Waals surface area contributed by atoms with E-state index in [4.69, 9.17) is 19.3 Å². The first-order chi connectivity index (χ1) is 12.4. The number of ether oxygens (including phenoxy) is 3. The van der Waals surface area contributed by atoms with Crippen LogP contribution < -0.4 is 0 Å². The second-order valence-electron chi connectivity index (χ2n) is 7.00. The Balaban J connectivity index is 0.000000167. The third-order valence-electron chi connectivity index (χ3n) is 4.41. The zero-order valence-electron chi connectivity index (χ0n) is 15.3. The van der Waals surface area contributed by atoms with Crippen LogP contribution in [0.3, 0.4) is 0 Å².